The van der Waals surface area contributed by atoms with Crippen LogP contribution in [0.5, 0.6) is 5.75 Å². The minimum Gasteiger partial charge on any atom is -0.508 e. The first-order valence-electron chi connectivity index (χ1n) is 6.36. The van der Waals surface area contributed by atoms with Gasteiger partial charge in [-0.2, -0.15) is 0 Å². The van der Waals surface area contributed by atoms with E-state index in [9.17, 15) is 14.4 Å². The van der Waals surface area contributed by atoms with E-state index in [1.54, 1.807) is 19.1 Å². The molecule has 5 heteroatoms. The van der Waals surface area contributed by atoms with Crippen LogP contribution < -0.4 is 0 Å². The van der Waals surface area contributed by atoms with Gasteiger partial charge in [-0.3, -0.25) is 14.4 Å². The van der Waals surface area contributed by atoms with E-state index in [1.807, 2.05) is 13.8 Å². The molecule has 1 N–H and O–H groups in total. The molecule has 0 atom stereocenters. The highest BCUT2D eigenvalue weighted by Gasteiger charge is 2.05. The number of Topliss-reactive ketones (excluding diaryl/α,β-unsaturated/α-hetero) is 1. The maximum atomic E-state index is 10.5. The number of aldehydes is 1. The number of aromatic hydroxyl groups is 1. The fourth-order valence-corrected chi connectivity index (χ4v) is 0.911. The van der Waals surface area contributed by atoms with E-state index >= 15 is 0 Å². The molecule has 5 nitrogen and oxygen atoms in total. The number of methoxy groups -OCH3 is 1. The Bertz CT molecular complexity index is 381. The van der Waals surface area contributed by atoms with Crippen LogP contribution in [0.3, 0.4) is 0 Å². The van der Waals surface area contributed by atoms with Crippen molar-refractivity contribution in [2.45, 2.75) is 33.6 Å². The molecule has 20 heavy (non-hydrogen) atoms. The number of phenolic OH excluding ortho intramolecular Hbond substituents is 1. The second kappa shape index (κ2) is 13.3. The highest BCUT2D eigenvalue weighted by atomic mass is 16.5. The minimum absolute atomic E-state index is 0.0816. The smallest absolute Gasteiger partial charge is 0.313 e. The van der Waals surface area contributed by atoms with Crippen molar-refractivity contribution in [1.82, 2.24) is 0 Å². The van der Waals surface area contributed by atoms with E-state index in [1.165, 1.54) is 19.2 Å². The molecule has 0 spiro atoms. The molecule has 0 aromatic heterocycles. The van der Waals surface area contributed by atoms with Crippen molar-refractivity contribution in [3.05, 3.63) is 29.8 Å². The van der Waals surface area contributed by atoms with Crippen LogP contribution in [0.25, 0.3) is 0 Å². The summed E-state index contributed by atoms with van der Waals surface area (Å²) in [6.45, 7) is 5.71. The first-order chi connectivity index (χ1) is 9.53. The molecule has 0 aliphatic carbocycles. The van der Waals surface area contributed by atoms with E-state index in [4.69, 9.17) is 5.11 Å². The van der Waals surface area contributed by atoms with Gasteiger partial charge in [0.1, 0.15) is 24.2 Å². The third-order valence-electron chi connectivity index (χ3n) is 1.99. The van der Waals surface area contributed by atoms with Gasteiger partial charge in [-0.1, -0.05) is 20.8 Å². The molecule has 0 radical (unpaired) electrons. The van der Waals surface area contributed by atoms with Crippen LogP contribution in [0.15, 0.2) is 24.3 Å². The molecule has 1 aromatic carbocycles. The molecule has 1 aromatic rings. The van der Waals surface area contributed by atoms with Crippen LogP contribution in [0.4, 0.5) is 0 Å². The Morgan fingerprint density at radius 2 is 1.70 bits per heavy atom. The SMILES string of the molecule is CC.CCC(=O)CC(=O)OC.O=Cc1ccc(O)cc1. The molecule has 0 aliphatic heterocycles. The average Bonchev–Trinajstić information content (AvgIpc) is 2.50. The summed E-state index contributed by atoms with van der Waals surface area (Å²) in [6, 6.07) is 6.07. The van der Waals surface area contributed by atoms with E-state index in [2.05, 4.69) is 4.74 Å². The number of esters is 1. The lowest BCUT2D eigenvalue weighted by molar-refractivity contribution is -0.143. The maximum absolute atomic E-state index is 10.5. The van der Waals surface area contributed by atoms with Gasteiger partial charge in [0.15, 0.2) is 0 Å². The Labute approximate surface area is 119 Å². The molecule has 0 saturated heterocycles. The minimum atomic E-state index is -0.457. The summed E-state index contributed by atoms with van der Waals surface area (Å²) in [4.78, 5) is 30.9. The lowest BCUT2D eigenvalue weighted by Crippen LogP contribution is -2.07. The Kier molecular flexibility index (Phi) is 13.4. The number of ether oxygens (including phenoxy) is 1. The van der Waals surface area contributed by atoms with Gasteiger partial charge in [0.2, 0.25) is 0 Å². The highest BCUT2D eigenvalue weighted by molar-refractivity contribution is 5.95. The number of benzene rings is 1. The quantitative estimate of drug-likeness (QED) is 0.521. The third-order valence-corrected chi connectivity index (χ3v) is 1.99. The summed E-state index contributed by atoms with van der Waals surface area (Å²) in [5.74, 6) is -0.357. The van der Waals surface area contributed by atoms with Gasteiger partial charge in [-0.15, -0.1) is 0 Å². The van der Waals surface area contributed by atoms with Crippen molar-refractivity contribution in [1.29, 1.82) is 0 Å². The van der Waals surface area contributed by atoms with Crippen molar-refractivity contribution in [2.75, 3.05) is 7.11 Å². The molecule has 1 rings (SSSR count). The van der Waals surface area contributed by atoms with Crippen molar-refractivity contribution < 1.29 is 24.2 Å². The predicted octanol–water partition coefficient (Wildman–Crippen LogP) is 2.76. The first-order valence-corrected chi connectivity index (χ1v) is 6.36. The maximum Gasteiger partial charge on any atom is 0.313 e. The van der Waals surface area contributed by atoms with Gasteiger partial charge in [0, 0.05) is 12.0 Å². The van der Waals surface area contributed by atoms with Crippen LogP contribution in [0.2, 0.25) is 0 Å². The fourth-order valence-electron chi connectivity index (χ4n) is 0.911. The lowest BCUT2D eigenvalue weighted by Gasteiger charge is -1.93. The number of hydrogen-bond acceptors (Lipinski definition) is 5. The fraction of sp³-hybridized carbons (Fsp3) is 0.400. The van der Waals surface area contributed by atoms with Gasteiger partial charge in [0.25, 0.3) is 0 Å². The molecule has 0 fully saturated rings. The normalized spacial score (nSPS) is 8.20. The zero-order valence-corrected chi connectivity index (χ0v) is 12.4. The van der Waals surface area contributed by atoms with Crippen LogP contribution in [0.1, 0.15) is 44.0 Å². The van der Waals surface area contributed by atoms with Crippen molar-refractivity contribution in [3.63, 3.8) is 0 Å². The summed E-state index contributed by atoms with van der Waals surface area (Å²) in [7, 11) is 1.27. The van der Waals surface area contributed by atoms with Gasteiger partial charge in [0.05, 0.1) is 7.11 Å². The number of hydrogen-bond donors (Lipinski definition) is 1. The second-order valence-corrected chi connectivity index (χ2v) is 3.35. The first kappa shape index (κ1) is 20.2. The van der Waals surface area contributed by atoms with Crippen LogP contribution in [0, 0.1) is 0 Å². The van der Waals surface area contributed by atoms with Gasteiger partial charge in [-0.25, -0.2) is 0 Å². The summed E-state index contributed by atoms with van der Waals surface area (Å²) in [5.41, 5.74) is 0.577. The molecule has 0 amide bonds. The Morgan fingerprint density at radius 3 is 2.05 bits per heavy atom. The number of carbonyl (C=O) groups is 3. The largest absolute Gasteiger partial charge is 0.508 e. The molecule has 0 heterocycles. The van der Waals surface area contributed by atoms with E-state index < -0.39 is 5.97 Å². The molecule has 0 unspecified atom stereocenters. The van der Waals surface area contributed by atoms with E-state index in [0.717, 1.165) is 6.29 Å². The Balaban J connectivity index is 0. The van der Waals surface area contributed by atoms with E-state index in [0.29, 0.717) is 12.0 Å². The highest BCUT2D eigenvalue weighted by Crippen LogP contribution is 2.07. The standard InChI is InChI=1S/C7H6O2.C6H10O3.C2H6/c8-5-6-1-3-7(9)4-2-6;1-3-5(7)4-6(8)9-2;1-2/h1-5,9H;3-4H2,1-2H3;1-2H3. The molecule has 0 aliphatic rings. The third kappa shape index (κ3) is 11.0. The summed E-state index contributed by atoms with van der Waals surface area (Å²) in [5, 5.41) is 8.74. The van der Waals surface area contributed by atoms with Gasteiger partial charge < -0.3 is 9.84 Å². The number of rotatable bonds is 4. The molecule has 112 valence electrons. The zero-order valence-electron chi connectivity index (χ0n) is 12.4. The molecule has 0 saturated carbocycles. The lowest BCUT2D eigenvalue weighted by atomic mass is 10.2. The van der Waals surface area contributed by atoms with Gasteiger partial charge >= 0.3 is 5.97 Å². The molecular weight excluding hydrogens is 260 g/mol. The van der Waals surface area contributed by atoms with E-state index in [-0.39, 0.29) is 18.0 Å². The van der Waals surface area contributed by atoms with Crippen LogP contribution >= 0.6 is 0 Å². The van der Waals surface area contributed by atoms with Crippen molar-refractivity contribution >= 4 is 18.0 Å². The zero-order chi connectivity index (χ0) is 16.0. The van der Waals surface area contributed by atoms with Gasteiger partial charge in [-0.05, 0) is 24.3 Å². The summed E-state index contributed by atoms with van der Waals surface area (Å²) in [6.07, 6.45) is 1.04. The van der Waals surface area contributed by atoms with Crippen LogP contribution in [-0.4, -0.2) is 30.3 Å². The summed E-state index contributed by atoms with van der Waals surface area (Å²) < 4.78 is 4.26. The number of carbonyl (C=O) groups excluding carboxylic acids is 3. The number of ketones is 1. The predicted molar refractivity (Wildman–Crippen MR) is 76.8 cm³/mol. The average molecular weight is 282 g/mol. The van der Waals surface area contributed by atoms with Crippen molar-refractivity contribution in [2.24, 2.45) is 0 Å². The van der Waals surface area contributed by atoms with Crippen molar-refractivity contribution in [3.8, 4) is 5.75 Å². The molecule has 0 bridgehead atoms. The molecular formula is C15H22O5. The Hall–Kier alpha value is -2.17. The second-order valence-electron chi connectivity index (χ2n) is 3.35. The number of phenols is 1. The Morgan fingerprint density at radius 1 is 1.20 bits per heavy atom. The summed E-state index contributed by atoms with van der Waals surface area (Å²) >= 11 is 0. The monoisotopic (exact) mass is 282 g/mol. The topological polar surface area (TPSA) is 80.7 Å². The van der Waals surface area contributed by atoms with Crippen LogP contribution in [-0.2, 0) is 14.3 Å².